The van der Waals surface area contributed by atoms with E-state index >= 15 is 0 Å². The largest absolute Gasteiger partial charge is 0.454 e. The van der Waals surface area contributed by atoms with Gasteiger partial charge in [-0.2, -0.15) is 0 Å². The lowest BCUT2D eigenvalue weighted by atomic mass is 9.98. The van der Waals surface area contributed by atoms with E-state index in [1.165, 1.54) is 5.56 Å². The molecular formula is C23H31N3O5. The summed E-state index contributed by atoms with van der Waals surface area (Å²) in [5, 5.41) is 5.49. The number of carbonyl (C=O) groups is 4. The van der Waals surface area contributed by atoms with Gasteiger partial charge < -0.3 is 15.4 Å². The number of hydrogen-bond donors (Lipinski definition) is 2. The molecule has 0 unspecified atom stereocenters. The van der Waals surface area contributed by atoms with Gasteiger partial charge in [-0.15, -0.1) is 0 Å². The number of nitrogens with one attached hydrogen (secondary N) is 2. The van der Waals surface area contributed by atoms with Crippen LogP contribution in [0.1, 0.15) is 63.6 Å². The highest BCUT2D eigenvalue weighted by molar-refractivity contribution is 6.08. The van der Waals surface area contributed by atoms with Crippen molar-refractivity contribution in [3.63, 3.8) is 0 Å². The van der Waals surface area contributed by atoms with Crippen molar-refractivity contribution in [2.75, 3.05) is 13.2 Å². The van der Waals surface area contributed by atoms with Gasteiger partial charge in [0.05, 0.1) is 6.04 Å². The van der Waals surface area contributed by atoms with Crippen LogP contribution in [-0.4, -0.2) is 47.4 Å². The predicted molar refractivity (Wildman–Crippen MR) is 114 cm³/mol. The predicted octanol–water partition coefficient (Wildman–Crippen LogP) is 2.47. The number of urea groups is 1. The highest BCUT2D eigenvalue weighted by Gasteiger charge is 2.52. The van der Waals surface area contributed by atoms with Gasteiger partial charge in [0.1, 0.15) is 12.1 Å². The minimum absolute atomic E-state index is 0.243. The van der Waals surface area contributed by atoms with Crippen LogP contribution in [0.2, 0.25) is 0 Å². The fourth-order valence-corrected chi connectivity index (χ4v) is 4.24. The maximum Gasteiger partial charge on any atom is 0.326 e. The number of nitrogens with zero attached hydrogens (tertiary/aromatic N) is 1. The molecule has 2 fully saturated rings. The molecule has 4 amide bonds. The van der Waals surface area contributed by atoms with Crippen LogP contribution < -0.4 is 10.6 Å². The van der Waals surface area contributed by atoms with Crippen molar-refractivity contribution in [2.24, 2.45) is 5.92 Å². The van der Waals surface area contributed by atoms with E-state index < -0.39 is 36.6 Å². The first kappa shape index (κ1) is 22.8. The number of hydrogen-bond acceptors (Lipinski definition) is 5. The number of imide groups is 1. The summed E-state index contributed by atoms with van der Waals surface area (Å²) in [4.78, 5) is 49.8. The zero-order chi connectivity index (χ0) is 22.6. The Morgan fingerprint density at radius 2 is 1.77 bits per heavy atom. The zero-order valence-corrected chi connectivity index (χ0v) is 18.4. The molecule has 1 saturated carbocycles. The Kier molecular flexibility index (Phi) is 6.97. The van der Waals surface area contributed by atoms with Crippen molar-refractivity contribution in [3.05, 3.63) is 35.4 Å². The summed E-state index contributed by atoms with van der Waals surface area (Å²) in [5.41, 5.74) is 1.33. The van der Waals surface area contributed by atoms with Crippen molar-refractivity contribution in [1.82, 2.24) is 15.5 Å². The van der Waals surface area contributed by atoms with E-state index in [4.69, 9.17) is 4.74 Å². The molecule has 1 aromatic carbocycles. The fourth-order valence-electron chi connectivity index (χ4n) is 4.24. The van der Waals surface area contributed by atoms with Crippen LogP contribution in [0.5, 0.6) is 0 Å². The number of ether oxygens (including phenoxy) is 1. The maximum atomic E-state index is 12.6. The van der Waals surface area contributed by atoms with Crippen LogP contribution in [0.25, 0.3) is 0 Å². The molecule has 1 aromatic rings. The van der Waals surface area contributed by atoms with E-state index in [1.807, 2.05) is 31.2 Å². The second-order valence-electron chi connectivity index (χ2n) is 8.90. The van der Waals surface area contributed by atoms with E-state index in [0.717, 1.165) is 29.7 Å². The smallest absolute Gasteiger partial charge is 0.326 e. The molecule has 8 heteroatoms. The van der Waals surface area contributed by atoms with Crippen LogP contribution in [0.15, 0.2) is 24.3 Å². The number of esters is 1. The molecule has 1 aliphatic carbocycles. The van der Waals surface area contributed by atoms with E-state index in [0.29, 0.717) is 18.8 Å². The molecule has 168 valence electrons. The number of benzene rings is 1. The SMILES string of the molecule is CC(C)Cc1ccc([C@H](C)NC(=O)COC(=O)CN2C(=O)NC3(CCCC3)C2=O)cc1. The highest BCUT2D eigenvalue weighted by atomic mass is 16.5. The molecule has 31 heavy (non-hydrogen) atoms. The van der Waals surface area contributed by atoms with Gasteiger partial charge in [0.15, 0.2) is 6.61 Å². The van der Waals surface area contributed by atoms with E-state index in [1.54, 1.807) is 0 Å². The Balaban J connectivity index is 1.44. The molecule has 3 rings (SSSR count). The molecule has 1 saturated heterocycles. The lowest BCUT2D eigenvalue weighted by molar-refractivity contribution is -0.151. The van der Waals surface area contributed by atoms with Crippen LogP contribution in [0.4, 0.5) is 4.79 Å². The third-order valence-corrected chi connectivity index (χ3v) is 5.86. The topological polar surface area (TPSA) is 105 Å². The molecule has 2 N–H and O–H groups in total. The van der Waals surface area contributed by atoms with Gasteiger partial charge in [-0.3, -0.25) is 19.3 Å². The fraction of sp³-hybridized carbons (Fsp3) is 0.565. The average molecular weight is 430 g/mol. The third kappa shape index (κ3) is 5.42. The highest BCUT2D eigenvalue weighted by Crippen LogP contribution is 2.34. The Bertz CT molecular complexity index is 843. The zero-order valence-electron chi connectivity index (χ0n) is 18.4. The molecule has 1 spiro atoms. The first-order chi connectivity index (χ1) is 14.7. The second-order valence-corrected chi connectivity index (χ2v) is 8.90. The summed E-state index contributed by atoms with van der Waals surface area (Å²) >= 11 is 0. The van der Waals surface area contributed by atoms with Gasteiger partial charge in [-0.1, -0.05) is 51.0 Å². The Morgan fingerprint density at radius 3 is 2.39 bits per heavy atom. The van der Waals surface area contributed by atoms with Crippen LogP contribution >= 0.6 is 0 Å². The van der Waals surface area contributed by atoms with E-state index in [2.05, 4.69) is 24.5 Å². The first-order valence-electron chi connectivity index (χ1n) is 10.9. The number of rotatable bonds is 8. The molecule has 1 aliphatic heterocycles. The van der Waals surface area contributed by atoms with Crippen molar-refractivity contribution in [1.29, 1.82) is 0 Å². The van der Waals surface area contributed by atoms with Crippen LogP contribution in [0, 0.1) is 5.92 Å². The Morgan fingerprint density at radius 1 is 1.13 bits per heavy atom. The third-order valence-electron chi connectivity index (χ3n) is 5.86. The molecule has 1 heterocycles. The average Bonchev–Trinajstić information content (AvgIpc) is 3.27. The molecule has 0 bridgehead atoms. The molecule has 1 atom stereocenters. The van der Waals surface area contributed by atoms with Crippen LogP contribution in [-0.2, 0) is 25.5 Å². The van der Waals surface area contributed by atoms with Crippen molar-refractivity contribution >= 4 is 23.8 Å². The van der Waals surface area contributed by atoms with Gasteiger partial charge in [0, 0.05) is 0 Å². The second kappa shape index (κ2) is 9.49. The number of amides is 4. The standard InChI is InChI=1S/C23H31N3O5/c1-15(2)12-17-6-8-18(9-7-17)16(3)24-19(27)14-31-20(28)13-26-21(29)23(25-22(26)30)10-4-5-11-23/h6-9,15-16H,4-5,10-14H2,1-3H3,(H,24,27)(H,25,30)/t16-/m0/s1. The lowest BCUT2D eigenvalue weighted by Gasteiger charge is -2.19. The quantitative estimate of drug-likeness (QED) is 0.488. The molecular weight excluding hydrogens is 398 g/mol. The Labute approximate surface area is 182 Å². The monoisotopic (exact) mass is 429 g/mol. The van der Waals surface area contributed by atoms with E-state index in [9.17, 15) is 19.2 Å². The molecule has 8 nitrogen and oxygen atoms in total. The van der Waals surface area contributed by atoms with Gasteiger partial charge in [0.2, 0.25) is 0 Å². The first-order valence-corrected chi connectivity index (χ1v) is 10.9. The molecule has 0 aromatic heterocycles. The Hall–Kier alpha value is -2.90. The van der Waals surface area contributed by atoms with Crippen molar-refractivity contribution in [3.8, 4) is 0 Å². The number of carbonyl (C=O) groups excluding carboxylic acids is 4. The minimum atomic E-state index is -0.866. The molecule has 2 aliphatic rings. The maximum absolute atomic E-state index is 12.6. The summed E-state index contributed by atoms with van der Waals surface area (Å²) in [6.45, 7) is 5.22. The lowest BCUT2D eigenvalue weighted by Crippen LogP contribution is -2.44. The van der Waals surface area contributed by atoms with E-state index in [-0.39, 0.29) is 11.9 Å². The summed E-state index contributed by atoms with van der Waals surface area (Å²) in [6, 6.07) is 7.23. The van der Waals surface area contributed by atoms with Gasteiger partial charge in [0.25, 0.3) is 11.8 Å². The summed E-state index contributed by atoms with van der Waals surface area (Å²) < 4.78 is 4.99. The van der Waals surface area contributed by atoms with Crippen LogP contribution in [0.3, 0.4) is 0 Å². The van der Waals surface area contributed by atoms with Crippen molar-refractivity contribution in [2.45, 2.75) is 64.5 Å². The summed E-state index contributed by atoms with van der Waals surface area (Å²) in [6.07, 6.45) is 3.89. The summed E-state index contributed by atoms with van der Waals surface area (Å²) in [5.74, 6) is -1.05. The van der Waals surface area contributed by atoms with Gasteiger partial charge >= 0.3 is 12.0 Å². The normalized spacial score (nSPS) is 18.4. The van der Waals surface area contributed by atoms with Gasteiger partial charge in [-0.25, -0.2) is 4.79 Å². The van der Waals surface area contributed by atoms with Gasteiger partial charge in [-0.05, 0) is 43.2 Å². The van der Waals surface area contributed by atoms with Crippen molar-refractivity contribution < 1.29 is 23.9 Å². The molecule has 0 radical (unpaired) electrons. The minimum Gasteiger partial charge on any atom is -0.454 e. The summed E-state index contributed by atoms with van der Waals surface area (Å²) in [7, 11) is 0.